The number of ether oxygens (including phenoxy) is 1. The second kappa shape index (κ2) is 7.15. The van der Waals surface area contributed by atoms with Gasteiger partial charge in [-0.1, -0.05) is 19.1 Å². The lowest BCUT2D eigenvalue weighted by Gasteiger charge is -2.18. The number of hydrogen-bond acceptors (Lipinski definition) is 3. The fraction of sp³-hybridized carbons (Fsp3) is 0.412. The lowest BCUT2D eigenvalue weighted by molar-refractivity contribution is 0.403. The van der Waals surface area contributed by atoms with Gasteiger partial charge in [0.2, 0.25) is 0 Å². The van der Waals surface area contributed by atoms with Crippen LogP contribution in [0.25, 0.3) is 0 Å². The molecule has 1 aromatic carbocycles. The number of rotatable bonds is 7. The van der Waals surface area contributed by atoms with Gasteiger partial charge in [-0.15, -0.1) is 0 Å². The topological polar surface area (TPSA) is 34.4 Å². The summed E-state index contributed by atoms with van der Waals surface area (Å²) in [5.74, 6) is 1.93. The van der Waals surface area contributed by atoms with E-state index in [0.717, 1.165) is 30.9 Å². The molecule has 0 aliphatic carbocycles. The summed E-state index contributed by atoms with van der Waals surface area (Å²) < 4.78 is 10.9. The average Bonchev–Trinajstić information content (AvgIpc) is 2.90. The van der Waals surface area contributed by atoms with Crippen LogP contribution >= 0.6 is 0 Å². The minimum absolute atomic E-state index is 0.206. The van der Waals surface area contributed by atoms with Crippen LogP contribution in [0.2, 0.25) is 0 Å². The van der Waals surface area contributed by atoms with Crippen LogP contribution in [0.5, 0.6) is 5.75 Å². The van der Waals surface area contributed by atoms with E-state index in [0.29, 0.717) is 0 Å². The summed E-state index contributed by atoms with van der Waals surface area (Å²) in [5.41, 5.74) is 2.44. The van der Waals surface area contributed by atoms with Gasteiger partial charge < -0.3 is 14.5 Å². The number of aryl methyl sites for hydroxylation is 1. The van der Waals surface area contributed by atoms with Gasteiger partial charge in [0, 0.05) is 0 Å². The molecule has 0 bridgehead atoms. The molecule has 1 N–H and O–H groups in total. The highest BCUT2D eigenvalue weighted by Gasteiger charge is 2.17. The molecule has 1 heterocycles. The quantitative estimate of drug-likeness (QED) is 0.831. The van der Waals surface area contributed by atoms with Gasteiger partial charge in [-0.05, 0) is 55.6 Å². The van der Waals surface area contributed by atoms with Crippen LogP contribution in [0.1, 0.15) is 36.3 Å². The summed E-state index contributed by atoms with van der Waals surface area (Å²) in [6, 6.07) is 10.4. The van der Waals surface area contributed by atoms with Gasteiger partial charge in [0.1, 0.15) is 11.5 Å². The monoisotopic (exact) mass is 273 g/mol. The SMILES string of the molecule is CCCNC(Cc1cccc(OC)c1)c1occc1C. The molecule has 3 heteroatoms. The van der Waals surface area contributed by atoms with Crippen molar-refractivity contribution >= 4 is 0 Å². The molecule has 0 saturated carbocycles. The van der Waals surface area contributed by atoms with Gasteiger partial charge in [0.25, 0.3) is 0 Å². The van der Waals surface area contributed by atoms with E-state index in [2.05, 4.69) is 31.3 Å². The molecule has 0 spiro atoms. The van der Waals surface area contributed by atoms with Crippen molar-refractivity contribution in [1.29, 1.82) is 0 Å². The second-order valence-corrected chi connectivity index (χ2v) is 5.03. The van der Waals surface area contributed by atoms with E-state index in [4.69, 9.17) is 9.15 Å². The molecule has 2 rings (SSSR count). The van der Waals surface area contributed by atoms with E-state index in [1.165, 1.54) is 11.1 Å². The molecule has 20 heavy (non-hydrogen) atoms. The van der Waals surface area contributed by atoms with Crippen molar-refractivity contribution in [3.05, 3.63) is 53.5 Å². The first-order valence-electron chi connectivity index (χ1n) is 7.15. The molecule has 1 unspecified atom stereocenters. The van der Waals surface area contributed by atoms with Crippen molar-refractivity contribution in [2.75, 3.05) is 13.7 Å². The maximum atomic E-state index is 5.66. The maximum Gasteiger partial charge on any atom is 0.123 e. The first-order valence-corrected chi connectivity index (χ1v) is 7.15. The maximum absolute atomic E-state index is 5.66. The van der Waals surface area contributed by atoms with Gasteiger partial charge in [0.15, 0.2) is 0 Å². The predicted molar refractivity (Wildman–Crippen MR) is 81.2 cm³/mol. The molecule has 0 saturated heterocycles. The molecular formula is C17H23NO2. The molecule has 1 aromatic heterocycles. The Labute approximate surface area is 121 Å². The smallest absolute Gasteiger partial charge is 0.123 e. The third-order valence-corrected chi connectivity index (χ3v) is 3.43. The normalized spacial score (nSPS) is 12.3. The molecule has 1 atom stereocenters. The standard InChI is InChI=1S/C17H23NO2/c1-4-9-18-16(17-13(2)8-10-20-17)12-14-6-5-7-15(11-14)19-3/h5-8,10-11,16,18H,4,9,12H2,1-3H3. The first-order chi connectivity index (χ1) is 9.74. The predicted octanol–water partition coefficient (Wildman–Crippen LogP) is 3.88. The summed E-state index contributed by atoms with van der Waals surface area (Å²) in [7, 11) is 1.70. The van der Waals surface area contributed by atoms with Gasteiger partial charge in [-0.3, -0.25) is 0 Å². The molecule has 0 radical (unpaired) electrons. The summed E-state index contributed by atoms with van der Waals surface area (Å²) in [4.78, 5) is 0. The molecule has 0 aliphatic rings. The highest BCUT2D eigenvalue weighted by atomic mass is 16.5. The van der Waals surface area contributed by atoms with Crippen molar-refractivity contribution in [2.45, 2.75) is 32.7 Å². The third kappa shape index (κ3) is 3.64. The minimum Gasteiger partial charge on any atom is -0.497 e. The van der Waals surface area contributed by atoms with Crippen LogP contribution in [0.4, 0.5) is 0 Å². The van der Waals surface area contributed by atoms with Crippen LogP contribution in [0, 0.1) is 6.92 Å². The van der Waals surface area contributed by atoms with E-state index in [-0.39, 0.29) is 6.04 Å². The van der Waals surface area contributed by atoms with Crippen molar-refractivity contribution < 1.29 is 9.15 Å². The van der Waals surface area contributed by atoms with E-state index < -0.39 is 0 Å². The molecule has 108 valence electrons. The average molecular weight is 273 g/mol. The third-order valence-electron chi connectivity index (χ3n) is 3.43. The Kier molecular flexibility index (Phi) is 5.24. The van der Waals surface area contributed by atoms with Crippen LogP contribution in [0.15, 0.2) is 41.0 Å². The van der Waals surface area contributed by atoms with Crippen LogP contribution in [-0.4, -0.2) is 13.7 Å². The number of benzene rings is 1. The Hall–Kier alpha value is -1.74. The summed E-state index contributed by atoms with van der Waals surface area (Å²) in [6.07, 6.45) is 3.76. The van der Waals surface area contributed by atoms with Gasteiger partial charge >= 0.3 is 0 Å². The summed E-state index contributed by atoms with van der Waals surface area (Å²) in [6.45, 7) is 5.24. The molecule has 3 nitrogen and oxygen atoms in total. The van der Waals surface area contributed by atoms with Crippen molar-refractivity contribution in [3.63, 3.8) is 0 Å². The van der Waals surface area contributed by atoms with Crippen LogP contribution < -0.4 is 10.1 Å². The Bertz CT molecular complexity index is 533. The molecule has 2 aromatic rings. The largest absolute Gasteiger partial charge is 0.497 e. The summed E-state index contributed by atoms with van der Waals surface area (Å²) >= 11 is 0. The van der Waals surface area contributed by atoms with E-state index in [1.54, 1.807) is 13.4 Å². The van der Waals surface area contributed by atoms with Crippen molar-refractivity contribution in [3.8, 4) is 5.75 Å². The Morgan fingerprint density at radius 1 is 1.30 bits per heavy atom. The van der Waals surface area contributed by atoms with Gasteiger partial charge in [-0.2, -0.15) is 0 Å². The van der Waals surface area contributed by atoms with Crippen molar-refractivity contribution in [2.24, 2.45) is 0 Å². The highest BCUT2D eigenvalue weighted by Crippen LogP contribution is 2.24. The number of methoxy groups -OCH3 is 1. The van der Waals surface area contributed by atoms with Gasteiger partial charge in [-0.25, -0.2) is 0 Å². The molecular weight excluding hydrogens is 250 g/mol. The number of furan rings is 1. The molecule has 0 aliphatic heterocycles. The zero-order chi connectivity index (χ0) is 14.4. The molecule has 0 amide bonds. The molecule has 0 fully saturated rings. The lowest BCUT2D eigenvalue weighted by atomic mass is 10.0. The zero-order valence-corrected chi connectivity index (χ0v) is 12.5. The van der Waals surface area contributed by atoms with Gasteiger partial charge in [0.05, 0.1) is 19.4 Å². The Morgan fingerprint density at radius 2 is 2.15 bits per heavy atom. The van der Waals surface area contributed by atoms with Crippen molar-refractivity contribution in [1.82, 2.24) is 5.32 Å². The number of hydrogen-bond donors (Lipinski definition) is 1. The summed E-state index contributed by atoms with van der Waals surface area (Å²) in [5, 5.41) is 3.56. The highest BCUT2D eigenvalue weighted by molar-refractivity contribution is 5.30. The van der Waals surface area contributed by atoms with Crippen LogP contribution in [-0.2, 0) is 6.42 Å². The van der Waals surface area contributed by atoms with Crippen LogP contribution in [0.3, 0.4) is 0 Å². The Morgan fingerprint density at radius 3 is 2.80 bits per heavy atom. The zero-order valence-electron chi connectivity index (χ0n) is 12.5. The minimum atomic E-state index is 0.206. The van der Waals surface area contributed by atoms with E-state index >= 15 is 0 Å². The lowest BCUT2D eigenvalue weighted by Crippen LogP contribution is -2.24. The number of nitrogens with one attached hydrogen (secondary N) is 1. The fourth-order valence-corrected chi connectivity index (χ4v) is 2.35. The van der Waals surface area contributed by atoms with E-state index in [9.17, 15) is 0 Å². The van der Waals surface area contributed by atoms with E-state index in [1.807, 2.05) is 18.2 Å². The fourth-order valence-electron chi connectivity index (χ4n) is 2.35. The first kappa shape index (κ1) is 14.7. The second-order valence-electron chi connectivity index (χ2n) is 5.03. The Balaban J connectivity index is 2.17.